The molecule has 80 valence electrons. The van der Waals surface area contributed by atoms with Gasteiger partial charge in [0.2, 0.25) is 5.89 Å². The summed E-state index contributed by atoms with van der Waals surface area (Å²) in [4.78, 5) is 4.16. The van der Waals surface area contributed by atoms with Crippen LogP contribution in [-0.4, -0.2) is 21.7 Å². The van der Waals surface area contributed by atoms with E-state index < -0.39 is 0 Å². The molecule has 0 aliphatic heterocycles. The summed E-state index contributed by atoms with van der Waals surface area (Å²) in [5.41, 5.74) is 0. The number of nitrogens with zero attached hydrogens (tertiary/aromatic N) is 3. The van der Waals surface area contributed by atoms with Crippen LogP contribution in [0.5, 0.6) is 0 Å². The third-order valence-corrected chi connectivity index (χ3v) is 2.75. The summed E-state index contributed by atoms with van der Waals surface area (Å²) in [5.74, 6) is 0.662. The molecule has 2 aromatic rings. The molecule has 0 radical (unpaired) electrons. The van der Waals surface area contributed by atoms with Crippen molar-refractivity contribution >= 4 is 29.0 Å². The Balaban J connectivity index is 1.78. The van der Waals surface area contributed by atoms with Crippen molar-refractivity contribution in [1.29, 1.82) is 0 Å². The van der Waals surface area contributed by atoms with Crippen molar-refractivity contribution in [2.45, 2.75) is 12.3 Å². The Labute approximate surface area is 95.5 Å². The van der Waals surface area contributed by atoms with Gasteiger partial charge in [-0.3, -0.25) is 0 Å². The molecule has 0 aliphatic carbocycles. The van der Waals surface area contributed by atoms with E-state index in [2.05, 4.69) is 20.5 Å². The van der Waals surface area contributed by atoms with Gasteiger partial charge in [0, 0.05) is 24.5 Å². The van der Waals surface area contributed by atoms with E-state index in [0.29, 0.717) is 11.9 Å². The number of thiazole rings is 1. The van der Waals surface area contributed by atoms with Gasteiger partial charge in [-0.05, 0) is 0 Å². The molecule has 5 nitrogen and oxygen atoms in total. The molecule has 7 heteroatoms. The molecule has 2 heterocycles. The highest BCUT2D eigenvalue weighted by molar-refractivity contribution is 7.09. The Hall–Kier alpha value is -1.14. The predicted octanol–water partition coefficient (Wildman–Crippen LogP) is 1.92. The van der Waals surface area contributed by atoms with Crippen LogP contribution in [0.4, 0.5) is 6.01 Å². The summed E-state index contributed by atoms with van der Waals surface area (Å²) in [6.07, 6.45) is 2.63. The van der Waals surface area contributed by atoms with Crippen molar-refractivity contribution in [1.82, 2.24) is 15.2 Å². The normalized spacial score (nSPS) is 10.5. The summed E-state index contributed by atoms with van der Waals surface area (Å²) in [6, 6.07) is 0.405. The van der Waals surface area contributed by atoms with Crippen LogP contribution < -0.4 is 5.32 Å². The summed E-state index contributed by atoms with van der Waals surface area (Å²) < 4.78 is 5.17. The molecule has 0 unspecified atom stereocenters. The zero-order valence-electron chi connectivity index (χ0n) is 7.81. The standard InChI is InChI=1S/C8H9ClN4OS/c9-5-6-12-13-8(14-6)11-2-1-7-10-3-4-15-7/h3-4H,1-2,5H2,(H,11,13). The van der Waals surface area contributed by atoms with Gasteiger partial charge in [0.25, 0.3) is 0 Å². The fourth-order valence-electron chi connectivity index (χ4n) is 1.03. The second-order valence-corrected chi connectivity index (χ2v) is 3.98. The summed E-state index contributed by atoms with van der Waals surface area (Å²) in [7, 11) is 0. The van der Waals surface area contributed by atoms with Crippen LogP contribution >= 0.6 is 22.9 Å². The number of nitrogens with one attached hydrogen (secondary N) is 1. The van der Waals surface area contributed by atoms with E-state index in [1.54, 1.807) is 17.5 Å². The number of anilines is 1. The van der Waals surface area contributed by atoms with Gasteiger partial charge >= 0.3 is 6.01 Å². The Bertz CT molecular complexity index is 402. The Morgan fingerprint density at radius 2 is 2.40 bits per heavy atom. The van der Waals surface area contributed by atoms with Crippen LogP contribution in [-0.2, 0) is 12.3 Å². The lowest BCUT2D eigenvalue weighted by atomic mass is 10.4. The molecule has 15 heavy (non-hydrogen) atoms. The first-order chi connectivity index (χ1) is 7.38. The van der Waals surface area contributed by atoms with Gasteiger partial charge in [-0.15, -0.1) is 28.0 Å². The molecule has 0 bridgehead atoms. The molecule has 0 spiro atoms. The molecule has 0 amide bonds. The van der Waals surface area contributed by atoms with Gasteiger partial charge in [0.05, 0.1) is 5.01 Å². The summed E-state index contributed by atoms with van der Waals surface area (Å²) in [6.45, 7) is 0.720. The number of rotatable bonds is 5. The van der Waals surface area contributed by atoms with Crippen molar-refractivity contribution in [2.24, 2.45) is 0 Å². The van der Waals surface area contributed by atoms with Gasteiger partial charge in [0.1, 0.15) is 5.88 Å². The first-order valence-electron chi connectivity index (χ1n) is 4.39. The molecule has 0 fully saturated rings. The zero-order valence-corrected chi connectivity index (χ0v) is 9.38. The molecule has 0 saturated carbocycles. The highest BCUT2D eigenvalue weighted by Crippen LogP contribution is 2.08. The maximum atomic E-state index is 5.52. The largest absolute Gasteiger partial charge is 0.407 e. The maximum Gasteiger partial charge on any atom is 0.315 e. The average Bonchev–Trinajstić information content (AvgIpc) is 2.88. The third kappa shape index (κ3) is 2.90. The van der Waals surface area contributed by atoms with E-state index in [0.717, 1.165) is 18.0 Å². The smallest absolute Gasteiger partial charge is 0.315 e. The third-order valence-electron chi connectivity index (χ3n) is 1.68. The second-order valence-electron chi connectivity index (χ2n) is 2.74. The van der Waals surface area contributed by atoms with Gasteiger partial charge in [-0.25, -0.2) is 4.98 Å². The van der Waals surface area contributed by atoms with Crippen LogP contribution in [0.1, 0.15) is 10.9 Å². The number of alkyl halides is 1. The van der Waals surface area contributed by atoms with Crippen LogP contribution in [0.15, 0.2) is 16.0 Å². The van der Waals surface area contributed by atoms with Crippen molar-refractivity contribution in [3.05, 3.63) is 22.5 Å². The molecule has 1 N–H and O–H groups in total. The van der Waals surface area contributed by atoms with Gasteiger partial charge in [-0.1, -0.05) is 5.10 Å². The highest BCUT2D eigenvalue weighted by atomic mass is 35.5. The molecular weight excluding hydrogens is 236 g/mol. The van der Waals surface area contributed by atoms with Crippen molar-refractivity contribution in [2.75, 3.05) is 11.9 Å². The molecule has 2 aromatic heterocycles. The van der Waals surface area contributed by atoms with E-state index in [1.165, 1.54) is 0 Å². The average molecular weight is 245 g/mol. The number of halogens is 1. The molecule has 2 rings (SSSR count). The molecule has 0 aliphatic rings. The number of hydrogen-bond acceptors (Lipinski definition) is 6. The topological polar surface area (TPSA) is 63.8 Å². The van der Waals surface area contributed by atoms with Crippen LogP contribution in [0.25, 0.3) is 0 Å². The van der Waals surface area contributed by atoms with Gasteiger partial charge in [-0.2, -0.15) is 0 Å². The van der Waals surface area contributed by atoms with E-state index >= 15 is 0 Å². The van der Waals surface area contributed by atoms with Crippen LogP contribution in [0.3, 0.4) is 0 Å². The fourth-order valence-corrected chi connectivity index (χ4v) is 1.76. The van der Waals surface area contributed by atoms with Crippen molar-refractivity contribution < 1.29 is 4.42 Å². The summed E-state index contributed by atoms with van der Waals surface area (Å²) in [5, 5.41) is 13.5. The lowest BCUT2D eigenvalue weighted by molar-refractivity contribution is 0.525. The molecular formula is C8H9ClN4OS. The monoisotopic (exact) mass is 244 g/mol. The second kappa shape index (κ2) is 5.09. The quantitative estimate of drug-likeness (QED) is 0.814. The number of aromatic nitrogens is 3. The van der Waals surface area contributed by atoms with Gasteiger partial charge in [0.15, 0.2) is 0 Å². The van der Waals surface area contributed by atoms with Crippen molar-refractivity contribution in [3.63, 3.8) is 0 Å². The zero-order chi connectivity index (χ0) is 10.5. The Morgan fingerprint density at radius 1 is 1.47 bits per heavy atom. The van der Waals surface area contributed by atoms with Crippen LogP contribution in [0.2, 0.25) is 0 Å². The van der Waals surface area contributed by atoms with Crippen molar-refractivity contribution in [3.8, 4) is 0 Å². The van der Waals surface area contributed by atoms with E-state index in [4.69, 9.17) is 16.0 Å². The Kier molecular flexibility index (Phi) is 3.52. The minimum atomic E-state index is 0.237. The predicted molar refractivity (Wildman–Crippen MR) is 58.2 cm³/mol. The first kappa shape index (κ1) is 10.4. The minimum Gasteiger partial charge on any atom is -0.407 e. The lowest BCUT2D eigenvalue weighted by Gasteiger charge is -1.97. The molecule has 0 aromatic carbocycles. The van der Waals surface area contributed by atoms with Gasteiger partial charge < -0.3 is 9.73 Å². The molecule has 0 atom stereocenters. The van der Waals surface area contributed by atoms with E-state index in [9.17, 15) is 0 Å². The highest BCUT2D eigenvalue weighted by Gasteiger charge is 2.03. The minimum absolute atomic E-state index is 0.237. The molecule has 0 saturated heterocycles. The summed E-state index contributed by atoms with van der Waals surface area (Å²) >= 11 is 7.15. The first-order valence-corrected chi connectivity index (χ1v) is 5.80. The number of hydrogen-bond donors (Lipinski definition) is 1. The van der Waals surface area contributed by atoms with E-state index in [1.807, 2.05) is 5.38 Å². The fraction of sp³-hybridized carbons (Fsp3) is 0.375. The SMILES string of the molecule is ClCc1nnc(NCCc2nccs2)o1. The maximum absolute atomic E-state index is 5.52. The van der Waals surface area contributed by atoms with Crippen LogP contribution in [0, 0.1) is 0 Å². The lowest BCUT2D eigenvalue weighted by Crippen LogP contribution is -2.04. The van der Waals surface area contributed by atoms with E-state index in [-0.39, 0.29) is 5.88 Å². The Morgan fingerprint density at radius 3 is 3.07 bits per heavy atom.